The standard InChI is InChI=1S/C3HN5O/c9-3-1-2(5-7-3)6-8-4-1/h(H,7,9). The molecular weight excluding hydrogens is 122 g/mol. The van der Waals surface area contributed by atoms with Gasteiger partial charge < -0.3 is 0 Å². The molecule has 1 N–H and O–H groups in total. The van der Waals surface area contributed by atoms with Gasteiger partial charge in [-0.2, -0.15) is 0 Å². The first-order valence-corrected chi connectivity index (χ1v) is 2.25. The molecule has 0 saturated heterocycles. The van der Waals surface area contributed by atoms with Crippen molar-refractivity contribution in [2.45, 2.75) is 0 Å². The molecule has 9 heavy (non-hydrogen) atoms. The molecule has 0 aromatic heterocycles. The fourth-order valence-electron chi connectivity index (χ4n) is 0.580. The number of carbonyl (C=O) groups is 1. The molecule has 0 fully saturated rings. The molecule has 44 valence electrons. The highest BCUT2D eigenvalue weighted by molar-refractivity contribution is 6.68. The second-order valence-electron chi connectivity index (χ2n) is 1.51. The van der Waals surface area contributed by atoms with Crippen LogP contribution in [0.4, 0.5) is 0 Å². The number of hydrazone groups is 1. The van der Waals surface area contributed by atoms with E-state index in [1.54, 1.807) is 0 Å². The van der Waals surface area contributed by atoms with Gasteiger partial charge in [-0.3, -0.25) is 4.79 Å². The van der Waals surface area contributed by atoms with Crippen LogP contribution in [-0.2, 0) is 4.79 Å². The lowest BCUT2D eigenvalue weighted by Gasteiger charge is -1.79. The summed E-state index contributed by atoms with van der Waals surface area (Å²) in [6, 6.07) is 0. The lowest BCUT2D eigenvalue weighted by Crippen LogP contribution is -2.20. The number of amides is 1. The molecule has 6 heteroatoms. The van der Waals surface area contributed by atoms with E-state index in [1.807, 2.05) is 0 Å². The van der Waals surface area contributed by atoms with Gasteiger partial charge in [-0.05, 0) is 5.22 Å². The van der Waals surface area contributed by atoms with Crippen LogP contribution in [0.1, 0.15) is 0 Å². The molecule has 2 heterocycles. The molecule has 0 saturated carbocycles. The van der Waals surface area contributed by atoms with Crippen LogP contribution in [0.15, 0.2) is 20.5 Å². The second kappa shape index (κ2) is 1.22. The molecule has 6 nitrogen and oxygen atoms in total. The van der Waals surface area contributed by atoms with E-state index in [0.717, 1.165) is 0 Å². The fraction of sp³-hybridized carbons (Fsp3) is 0. The quantitative estimate of drug-likeness (QED) is 0.452. The minimum atomic E-state index is -0.338. The predicted octanol–water partition coefficient (Wildman–Crippen LogP) is -0.749. The van der Waals surface area contributed by atoms with Gasteiger partial charge in [0, 0.05) is 0 Å². The van der Waals surface area contributed by atoms with Crippen LogP contribution in [0.2, 0.25) is 0 Å². The zero-order valence-electron chi connectivity index (χ0n) is 4.20. The largest absolute Gasteiger partial charge is 0.296 e. The Morgan fingerprint density at radius 2 is 2.33 bits per heavy atom. The molecule has 0 spiro atoms. The molecule has 1 amide bonds. The third-order valence-corrected chi connectivity index (χ3v) is 0.974. The molecular formula is C3HN5O. The summed E-state index contributed by atoms with van der Waals surface area (Å²) in [5.74, 6) is -0.0602. The van der Waals surface area contributed by atoms with Gasteiger partial charge in [0.05, 0.1) is 0 Å². The molecule has 0 aliphatic carbocycles. The Hall–Kier alpha value is -1.59. The van der Waals surface area contributed by atoms with Gasteiger partial charge in [0.15, 0.2) is 0 Å². The summed E-state index contributed by atoms with van der Waals surface area (Å²) < 4.78 is 0. The van der Waals surface area contributed by atoms with Crippen molar-refractivity contribution in [3.05, 3.63) is 0 Å². The molecule has 0 bridgehead atoms. The summed E-state index contributed by atoms with van der Waals surface area (Å²) in [7, 11) is 0. The summed E-state index contributed by atoms with van der Waals surface area (Å²) in [6.07, 6.45) is 0. The van der Waals surface area contributed by atoms with E-state index in [-0.39, 0.29) is 17.5 Å². The number of fused-ring (bicyclic) bond motifs is 1. The molecule has 0 aromatic rings. The number of hydrogen-bond acceptors (Lipinski definition) is 5. The second-order valence-corrected chi connectivity index (χ2v) is 1.51. The molecule has 0 unspecified atom stereocenters. The van der Waals surface area contributed by atoms with Crippen LogP contribution >= 0.6 is 0 Å². The van der Waals surface area contributed by atoms with E-state index in [9.17, 15) is 4.79 Å². The van der Waals surface area contributed by atoms with Crippen molar-refractivity contribution in [2.24, 2.45) is 20.5 Å². The Labute approximate surface area is 49.3 Å². The highest BCUT2D eigenvalue weighted by Crippen LogP contribution is 2.03. The van der Waals surface area contributed by atoms with Crippen molar-refractivity contribution < 1.29 is 4.79 Å². The third-order valence-electron chi connectivity index (χ3n) is 0.974. The smallest absolute Gasteiger partial charge is 0.265 e. The van der Waals surface area contributed by atoms with E-state index < -0.39 is 0 Å². The Bertz CT molecular complexity index is 261. The Balaban J connectivity index is 2.53. The van der Waals surface area contributed by atoms with E-state index in [1.165, 1.54) is 0 Å². The number of hydrogen-bond donors (Lipinski definition) is 1. The Kier molecular flexibility index (Phi) is 0.583. The average Bonchev–Trinajstić information content (AvgIpc) is 2.35. The number of nitrogens with one attached hydrogen (secondary N) is 1. The molecule has 0 aromatic carbocycles. The monoisotopic (exact) mass is 123 g/mol. The van der Waals surface area contributed by atoms with E-state index >= 15 is 0 Å². The topological polar surface area (TPSA) is 78.5 Å². The van der Waals surface area contributed by atoms with Gasteiger partial charge in [-0.25, -0.2) is 5.43 Å². The van der Waals surface area contributed by atoms with Crippen molar-refractivity contribution >= 4 is 17.5 Å². The van der Waals surface area contributed by atoms with Crippen LogP contribution in [0.25, 0.3) is 0 Å². The number of carbonyl (C=O) groups excluding carboxylic acids is 1. The van der Waals surface area contributed by atoms with Crippen molar-refractivity contribution in [3.8, 4) is 0 Å². The van der Waals surface area contributed by atoms with E-state index in [4.69, 9.17) is 0 Å². The first kappa shape index (κ1) is 4.30. The minimum Gasteiger partial charge on any atom is -0.265 e. The van der Waals surface area contributed by atoms with Gasteiger partial charge in [-0.15, -0.1) is 15.3 Å². The van der Waals surface area contributed by atoms with Crippen molar-refractivity contribution in [1.82, 2.24) is 5.43 Å². The number of amidine groups is 1. The molecule has 0 radical (unpaired) electrons. The minimum absolute atomic E-state index is 0.204. The molecule has 2 aliphatic heterocycles. The van der Waals surface area contributed by atoms with Gasteiger partial charge in [0.25, 0.3) is 5.91 Å². The average molecular weight is 123 g/mol. The summed E-state index contributed by atoms with van der Waals surface area (Å²) in [6.45, 7) is 0. The van der Waals surface area contributed by atoms with Gasteiger partial charge in [-0.1, -0.05) is 0 Å². The van der Waals surface area contributed by atoms with Crippen molar-refractivity contribution in [1.29, 1.82) is 0 Å². The number of rotatable bonds is 0. The van der Waals surface area contributed by atoms with E-state index in [2.05, 4.69) is 26.0 Å². The lowest BCUT2D eigenvalue weighted by molar-refractivity contribution is -0.114. The molecule has 2 rings (SSSR count). The lowest BCUT2D eigenvalue weighted by atomic mass is 10.4. The van der Waals surface area contributed by atoms with Crippen LogP contribution in [-0.4, -0.2) is 17.5 Å². The van der Waals surface area contributed by atoms with E-state index in [0.29, 0.717) is 0 Å². The first-order valence-electron chi connectivity index (χ1n) is 2.25. The van der Waals surface area contributed by atoms with Crippen LogP contribution in [0.5, 0.6) is 0 Å². The van der Waals surface area contributed by atoms with Gasteiger partial charge in [0.2, 0.25) is 11.5 Å². The summed E-state index contributed by atoms with van der Waals surface area (Å²) in [5.41, 5.74) is 2.39. The third kappa shape index (κ3) is 0.411. The zero-order chi connectivity index (χ0) is 6.27. The van der Waals surface area contributed by atoms with Gasteiger partial charge >= 0.3 is 0 Å². The maximum absolute atomic E-state index is 10.6. The fourth-order valence-corrected chi connectivity index (χ4v) is 0.580. The maximum Gasteiger partial charge on any atom is 0.296 e. The van der Waals surface area contributed by atoms with Crippen LogP contribution < -0.4 is 5.43 Å². The Morgan fingerprint density at radius 3 is 3.11 bits per heavy atom. The highest BCUT2D eigenvalue weighted by Gasteiger charge is 2.27. The normalized spacial score (nSPS) is 21.1. The number of nitrogens with zero attached hydrogens (tertiary/aromatic N) is 4. The molecule has 0 atom stereocenters. The SMILES string of the molecule is O=C1NN=C2N=NN=C12. The first-order chi connectivity index (χ1) is 4.38. The Morgan fingerprint density at radius 1 is 1.44 bits per heavy atom. The van der Waals surface area contributed by atoms with Crippen LogP contribution in [0, 0.1) is 0 Å². The zero-order valence-corrected chi connectivity index (χ0v) is 4.20. The molecule has 2 aliphatic rings. The summed E-state index contributed by atoms with van der Waals surface area (Å²) in [4.78, 5) is 10.6. The van der Waals surface area contributed by atoms with Gasteiger partial charge in [0.1, 0.15) is 0 Å². The van der Waals surface area contributed by atoms with Crippen molar-refractivity contribution in [2.75, 3.05) is 0 Å². The predicted molar refractivity (Wildman–Crippen MR) is 27.9 cm³/mol. The van der Waals surface area contributed by atoms with Crippen molar-refractivity contribution in [3.63, 3.8) is 0 Å². The van der Waals surface area contributed by atoms with Crippen LogP contribution in [0.3, 0.4) is 0 Å². The maximum atomic E-state index is 10.6. The summed E-state index contributed by atoms with van der Waals surface area (Å²) >= 11 is 0. The highest BCUT2D eigenvalue weighted by atomic mass is 16.2. The summed E-state index contributed by atoms with van der Waals surface area (Å²) in [5, 5.41) is 13.6.